The molecule has 0 saturated heterocycles. The van der Waals surface area contributed by atoms with Crippen LogP contribution in [0, 0.1) is 18.7 Å². The van der Waals surface area contributed by atoms with Gasteiger partial charge in [0.15, 0.2) is 0 Å². The van der Waals surface area contributed by atoms with E-state index in [0.29, 0.717) is 5.92 Å². The summed E-state index contributed by atoms with van der Waals surface area (Å²) in [5.74, 6) is 0.238. The molecule has 0 amide bonds. The fourth-order valence-electron chi connectivity index (χ4n) is 1.57. The molecule has 1 rings (SSSR count). The van der Waals surface area contributed by atoms with Crippen molar-refractivity contribution in [2.75, 3.05) is 0 Å². The van der Waals surface area contributed by atoms with Crippen molar-refractivity contribution in [3.05, 3.63) is 35.1 Å². The number of nitrogens with two attached hydrogens (primary N) is 1. The first kappa shape index (κ1) is 11.2. The lowest BCUT2D eigenvalue weighted by Gasteiger charge is -2.20. The Morgan fingerprint density at radius 3 is 2.57 bits per heavy atom. The summed E-state index contributed by atoms with van der Waals surface area (Å²) in [6.07, 6.45) is 1.04. The first-order valence-corrected chi connectivity index (χ1v) is 5.08. The van der Waals surface area contributed by atoms with Crippen molar-refractivity contribution in [2.45, 2.75) is 33.2 Å². The molecule has 14 heavy (non-hydrogen) atoms. The van der Waals surface area contributed by atoms with Crippen molar-refractivity contribution < 1.29 is 4.39 Å². The molecule has 0 radical (unpaired) electrons. The summed E-state index contributed by atoms with van der Waals surface area (Å²) < 4.78 is 12.9. The number of benzene rings is 1. The number of rotatable bonds is 3. The largest absolute Gasteiger partial charge is 0.324 e. The number of hydrogen-bond donors (Lipinski definition) is 1. The van der Waals surface area contributed by atoms with Crippen molar-refractivity contribution >= 4 is 0 Å². The zero-order valence-corrected chi connectivity index (χ0v) is 9.05. The third-order valence-electron chi connectivity index (χ3n) is 2.85. The maximum atomic E-state index is 12.9. The molecule has 1 nitrogen and oxygen atoms in total. The quantitative estimate of drug-likeness (QED) is 0.787. The summed E-state index contributed by atoms with van der Waals surface area (Å²) in [6, 6.07) is 4.82. The van der Waals surface area contributed by atoms with Crippen molar-refractivity contribution in [3.8, 4) is 0 Å². The first-order valence-electron chi connectivity index (χ1n) is 5.08. The summed E-state index contributed by atoms with van der Waals surface area (Å²) in [5.41, 5.74) is 8.08. The van der Waals surface area contributed by atoms with Crippen LogP contribution in [0.2, 0.25) is 0 Å². The van der Waals surface area contributed by atoms with Gasteiger partial charge in [-0.25, -0.2) is 4.39 Å². The summed E-state index contributed by atoms with van der Waals surface area (Å²) in [7, 11) is 0. The van der Waals surface area contributed by atoms with Crippen LogP contribution in [0.15, 0.2) is 18.2 Å². The van der Waals surface area contributed by atoms with E-state index in [1.807, 2.05) is 6.92 Å². The highest BCUT2D eigenvalue weighted by Gasteiger charge is 2.15. The molecule has 0 fully saturated rings. The van der Waals surface area contributed by atoms with Crippen LogP contribution >= 0.6 is 0 Å². The predicted octanol–water partition coefficient (Wildman–Crippen LogP) is 3.18. The van der Waals surface area contributed by atoms with Crippen molar-refractivity contribution in [1.82, 2.24) is 0 Å². The highest BCUT2D eigenvalue weighted by Crippen LogP contribution is 2.24. The van der Waals surface area contributed by atoms with Gasteiger partial charge in [0.1, 0.15) is 5.82 Å². The Hall–Kier alpha value is -0.890. The van der Waals surface area contributed by atoms with Gasteiger partial charge in [0, 0.05) is 6.04 Å². The Balaban J connectivity index is 2.95. The van der Waals surface area contributed by atoms with E-state index >= 15 is 0 Å². The average molecular weight is 195 g/mol. The average Bonchev–Trinajstić information content (AvgIpc) is 2.15. The third-order valence-corrected chi connectivity index (χ3v) is 2.85. The van der Waals surface area contributed by atoms with Crippen LogP contribution in [0.4, 0.5) is 4.39 Å². The van der Waals surface area contributed by atoms with Gasteiger partial charge in [-0.15, -0.1) is 0 Å². The molecule has 0 bridgehead atoms. The molecule has 1 aromatic rings. The molecular weight excluding hydrogens is 177 g/mol. The van der Waals surface area contributed by atoms with Crippen molar-refractivity contribution in [3.63, 3.8) is 0 Å². The first-order chi connectivity index (χ1) is 6.56. The molecule has 0 saturated carbocycles. The van der Waals surface area contributed by atoms with E-state index in [1.165, 1.54) is 12.1 Å². The van der Waals surface area contributed by atoms with Gasteiger partial charge in [-0.05, 0) is 36.1 Å². The summed E-state index contributed by atoms with van der Waals surface area (Å²) in [4.78, 5) is 0. The van der Waals surface area contributed by atoms with Crippen molar-refractivity contribution in [1.29, 1.82) is 0 Å². The Kier molecular flexibility index (Phi) is 3.64. The van der Waals surface area contributed by atoms with Gasteiger partial charge in [0.25, 0.3) is 0 Å². The Morgan fingerprint density at radius 2 is 2.07 bits per heavy atom. The normalized spacial score (nSPS) is 15.2. The molecule has 78 valence electrons. The SMILES string of the molecule is CCC(C)[C@@H](N)c1ccc(F)cc1C. The van der Waals surface area contributed by atoms with Crippen LogP contribution in [0.5, 0.6) is 0 Å². The van der Waals surface area contributed by atoms with E-state index in [1.54, 1.807) is 6.07 Å². The van der Waals surface area contributed by atoms with Gasteiger partial charge >= 0.3 is 0 Å². The van der Waals surface area contributed by atoms with Crippen LogP contribution in [0.25, 0.3) is 0 Å². The van der Waals surface area contributed by atoms with Crippen LogP contribution in [-0.2, 0) is 0 Å². The molecule has 0 aliphatic heterocycles. The van der Waals surface area contributed by atoms with Gasteiger partial charge in [-0.3, -0.25) is 0 Å². The fraction of sp³-hybridized carbons (Fsp3) is 0.500. The van der Waals surface area contributed by atoms with Crippen LogP contribution in [-0.4, -0.2) is 0 Å². The van der Waals surface area contributed by atoms with Gasteiger partial charge < -0.3 is 5.73 Å². The molecule has 1 aromatic carbocycles. The molecule has 0 aromatic heterocycles. The summed E-state index contributed by atoms with van der Waals surface area (Å²) >= 11 is 0. The summed E-state index contributed by atoms with van der Waals surface area (Å²) in [6.45, 7) is 6.14. The molecule has 2 atom stereocenters. The van der Waals surface area contributed by atoms with Gasteiger partial charge in [-0.2, -0.15) is 0 Å². The van der Waals surface area contributed by atoms with Gasteiger partial charge in [0.05, 0.1) is 0 Å². The smallest absolute Gasteiger partial charge is 0.123 e. The minimum atomic E-state index is -0.192. The predicted molar refractivity (Wildman–Crippen MR) is 57.5 cm³/mol. The molecule has 0 heterocycles. The standard InChI is InChI=1S/C12H18FN/c1-4-8(2)12(14)11-6-5-10(13)7-9(11)3/h5-8,12H,4,14H2,1-3H3/t8?,12-/m1/s1. The maximum Gasteiger partial charge on any atom is 0.123 e. The lowest BCUT2D eigenvalue weighted by molar-refractivity contribution is 0.454. The third kappa shape index (κ3) is 2.32. The second-order valence-electron chi connectivity index (χ2n) is 3.91. The van der Waals surface area contributed by atoms with E-state index in [2.05, 4.69) is 13.8 Å². The molecule has 2 heteroatoms. The number of halogens is 1. The van der Waals surface area contributed by atoms with Crippen molar-refractivity contribution in [2.24, 2.45) is 11.7 Å². The number of hydrogen-bond acceptors (Lipinski definition) is 1. The highest BCUT2D eigenvalue weighted by atomic mass is 19.1. The van der Waals surface area contributed by atoms with E-state index in [9.17, 15) is 4.39 Å². The van der Waals surface area contributed by atoms with E-state index in [4.69, 9.17) is 5.73 Å². The molecule has 0 aliphatic rings. The minimum absolute atomic E-state index is 0.0144. The van der Waals surface area contributed by atoms with Crippen LogP contribution in [0.1, 0.15) is 37.4 Å². The van der Waals surface area contributed by atoms with Gasteiger partial charge in [-0.1, -0.05) is 26.3 Å². The topological polar surface area (TPSA) is 26.0 Å². The second-order valence-corrected chi connectivity index (χ2v) is 3.91. The van der Waals surface area contributed by atoms with E-state index < -0.39 is 0 Å². The maximum absolute atomic E-state index is 12.9. The summed E-state index contributed by atoms with van der Waals surface area (Å²) in [5, 5.41) is 0. The Bertz CT molecular complexity index is 309. The lowest BCUT2D eigenvalue weighted by Crippen LogP contribution is -2.19. The van der Waals surface area contributed by atoms with E-state index in [-0.39, 0.29) is 11.9 Å². The van der Waals surface area contributed by atoms with E-state index in [0.717, 1.165) is 17.5 Å². The van der Waals surface area contributed by atoms with Crippen LogP contribution in [0.3, 0.4) is 0 Å². The zero-order valence-electron chi connectivity index (χ0n) is 9.05. The molecule has 2 N–H and O–H groups in total. The minimum Gasteiger partial charge on any atom is -0.324 e. The lowest BCUT2D eigenvalue weighted by atomic mass is 9.91. The highest BCUT2D eigenvalue weighted by molar-refractivity contribution is 5.29. The Morgan fingerprint density at radius 1 is 1.43 bits per heavy atom. The Labute approximate surface area is 85.1 Å². The monoisotopic (exact) mass is 195 g/mol. The molecule has 0 aliphatic carbocycles. The fourth-order valence-corrected chi connectivity index (χ4v) is 1.57. The zero-order chi connectivity index (χ0) is 10.7. The molecular formula is C12H18FN. The van der Waals surface area contributed by atoms with Crippen LogP contribution < -0.4 is 5.73 Å². The number of aryl methyl sites for hydroxylation is 1. The molecule has 0 spiro atoms. The van der Waals surface area contributed by atoms with Gasteiger partial charge in [0.2, 0.25) is 0 Å². The second kappa shape index (κ2) is 4.56. The molecule has 1 unspecified atom stereocenters.